The van der Waals surface area contributed by atoms with E-state index in [1.165, 1.54) is 12.0 Å². The van der Waals surface area contributed by atoms with Crippen LogP contribution in [0.4, 0.5) is 0 Å². The molecule has 1 aromatic carbocycles. The zero-order valence-corrected chi connectivity index (χ0v) is 13.9. The van der Waals surface area contributed by atoms with Crippen molar-refractivity contribution < 1.29 is 0 Å². The Labute approximate surface area is 128 Å². The molecule has 0 aliphatic rings. The molecule has 2 nitrogen and oxygen atoms in total. The molecule has 110 valence electrons. The maximum atomic E-state index is 9.28. The van der Waals surface area contributed by atoms with Crippen molar-refractivity contribution in [2.75, 3.05) is 12.3 Å². The van der Waals surface area contributed by atoms with Crippen LogP contribution in [0, 0.1) is 23.2 Å². The van der Waals surface area contributed by atoms with Crippen molar-refractivity contribution in [3.05, 3.63) is 29.3 Å². The van der Waals surface area contributed by atoms with Gasteiger partial charge in [0.25, 0.3) is 0 Å². The maximum Gasteiger partial charge on any atom is 0.100 e. The summed E-state index contributed by atoms with van der Waals surface area (Å²) >= 11 is 1.79. The molecule has 0 amide bonds. The van der Waals surface area contributed by atoms with Gasteiger partial charge in [0.05, 0.1) is 5.56 Å². The Morgan fingerprint density at radius 1 is 1.20 bits per heavy atom. The van der Waals surface area contributed by atoms with Crippen LogP contribution in [0.2, 0.25) is 0 Å². The predicted octanol–water partition coefficient (Wildman–Crippen LogP) is 4.44. The fraction of sp³-hybridized carbons (Fsp3) is 0.588. The number of nitrogens with one attached hydrogen (secondary N) is 1. The Bertz CT molecular complexity index is 447. The predicted molar refractivity (Wildman–Crippen MR) is 87.9 cm³/mol. The molecular formula is C17H26N2S. The van der Waals surface area contributed by atoms with Gasteiger partial charge in [-0.1, -0.05) is 33.8 Å². The average molecular weight is 290 g/mol. The van der Waals surface area contributed by atoms with Gasteiger partial charge in [-0.2, -0.15) is 5.26 Å². The maximum absolute atomic E-state index is 9.28. The van der Waals surface area contributed by atoms with Crippen LogP contribution >= 0.6 is 11.8 Å². The fourth-order valence-corrected chi connectivity index (χ4v) is 3.04. The van der Waals surface area contributed by atoms with Crippen molar-refractivity contribution in [3.63, 3.8) is 0 Å². The molecule has 0 aromatic heterocycles. The molecule has 0 saturated carbocycles. The van der Waals surface area contributed by atoms with Crippen molar-refractivity contribution in [1.29, 1.82) is 5.26 Å². The lowest BCUT2D eigenvalue weighted by atomic mass is 10.1. The van der Waals surface area contributed by atoms with Crippen LogP contribution in [0.5, 0.6) is 0 Å². The van der Waals surface area contributed by atoms with Crippen molar-refractivity contribution >= 4 is 11.8 Å². The lowest BCUT2D eigenvalue weighted by molar-refractivity contribution is 0.552. The van der Waals surface area contributed by atoms with Crippen molar-refractivity contribution in [3.8, 4) is 6.07 Å². The third-order valence-corrected chi connectivity index (χ3v) is 4.11. The van der Waals surface area contributed by atoms with E-state index in [0.29, 0.717) is 11.8 Å². The summed E-state index contributed by atoms with van der Waals surface area (Å²) in [6.07, 6.45) is 1.19. The third kappa shape index (κ3) is 6.45. The second kappa shape index (κ2) is 9.05. The molecule has 3 heteroatoms. The van der Waals surface area contributed by atoms with Crippen LogP contribution < -0.4 is 5.32 Å². The molecule has 0 unspecified atom stereocenters. The van der Waals surface area contributed by atoms with Crippen molar-refractivity contribution in [2.45, 2.75) is 45.6 Å². The molecule has 20 heavy (non-hydrogen) atoms. The molecule has 0 saturated heterocycles. The molecule has 1 N–H and O–H groups in total. The van der Waals surface area contributed by atoms with Gasteiger partial charge in [0.15, 0.2) is 0 Å². The van der Waals surface area contributed by atoms with Gasteiger partial charge in [-0.3, -0.25) is 0 Å². The topological polar surface area (TPSA) is 35.8 Å². The highest BCUT2D eigenvalue weighted by atomic mass is 32.2. The summed E-state index contributed by atoms with van der Waals surface area (Å²) in [5, 5.41) is 12.7. The molecule has 0 fully saturated rings. The Balaban J connectivity index is 2.59. The number of rotatable bonds is 8. The Morgan fingerprint density at radius 2 is 1.95 bits per heavy atom. The molecule has 1 rings (SSSR count). The normalized spacial score (nSPS) is 11.1. The first-order chi connectivity index (χ1) is 9.52. The van der Waals surface area contributed by atoms with Gasteiger partial charge in [-0.25, -0.2) is 0 Å². The number of nitrogens with zero attached hydrogens (tertiary/aromatic N) is 1. The smallest absolute Gasteiger partial charge is 0.100 e. The van der Waals surface area contributed by atoms with E-state index in [1.54, 1.807) is 11.8 Å². The van der Waals surface area contributed by atoms with Crippen molar-refractivity contribution in [2.24, 2.45) is 11.8 Å². The Kier molecular flexibility index (Phi) is 7.72. The summed E-state index contributed by atoms with van der Waals surface area (Å²) in [4.78, 5) is 1.11. The summed E-state index contributed by atoms with van der Waals surface area (Å²) < 4.78 is 0. The number of nitriles is 1. The van der Waals surface area contributed by atoms with Crippen LogP contribution in [0.3, 0.4) is 0 Å². The zero-order valence-electron chi connectivity index (χ0n) is 13.1. The molecule has 0 spiro atoms. The van der Waals surface area contributed by atoms with Gasteiger partial charge in [-0.05, 0) is 48.3 Å². The summed E-state index contributed by atoms with van der Waals surface area (Å²) in [6, 6.07) is 8.57. The number of hydrogen-bond acceptors (Lipinski definition) is 3. The second-order valence-electron chi connectivity index (χ2n) is 6.00. The van der Waals surface area contributed by atoms with E-state index < -0.39 is 0 Å². The van der Waals surface area contributed by atoms with Crippen LogP contribution in [-0.4, -0.2) is 12.3 Å². The molecule has 1 aromatic rings. The molecule has 0 bridgehead atoms. The van der Waals surface area contributed by atoms with Gasteiger partial charge in [-0.15, -0.1) is 11.8 Å². The summed E-state index contributed by atoms with van der Waals surface area (Å²) in [7, 11) is 0. The Hall–Kier alpha value is -0.980. The summed E-state index contributed by atoms with van der Waals surface area (Å²) in [5.74, 6) is 2.45. The first kappa shape index (κ1) is 17.1. The van der Waals surface area contributed by atoms with Gasteiger partial charge < -0.3 is 5.32 Å². The first-order valence-corrected chi connectivity index (χ1v) is 8.38. The van der Waals surface area contributed by atoms with Crippen LogP contribution in [0.1, 0.15) is 45.2 Å². The highest BCUT2D eigenvalue weighted by Crippen LogP contribution is 2.25. The van der Waals surface area contributed by atoms with E-state index in [9.17, 15) is 5.26 Å². The SMILES string of the molecule is CC(C)CCSc1ccc(CNCC(C)C)cc1C#N. The van der Waals surface area contributed by atoms with Gasteiger partial charge in [0, 0.05) is 11.4 Å². The minimum Gasteiger partial charge on any atom is -0.312 e. The monoisotopic (exact) mass is 290 g/mol. The highest BCUT2D eigenvalue weighted by Gasteiger charge is 2.05. The number of benzene rings is 1. The van der Waals surface area contributed by atoms with Gasteiger partial charge >= 0.3 is 0 Å². The molecule has 0 radical (unpaired) electrons. The molecular weight excluding hydrogens is 264 g/mol. The Morgan fingerprint density at radius 3 is 2.55 bits per heavy atom. The molecule has 0 aliphatic heterocycles. The molecule has 0 atom stereocenters. The second-order valence-corrected chi connectivity index (χ2v) is 7.13. The molecule has 0 heterocycles. The minimum atomic E-state index is 0.649. The highest BCUT2D eigenvalue weighted by molar-refractivity contribution is 7.99. The average Bonchev–Trinajstić information content (AvgIpc) is 2.39. The number of hydrogen-bond donors (Lipinski definition) is 1. The van der Waals surface area contributed by atoms with E-state index in [1.807, 2.05) is 6.07 Å². The van der Waals surface area contributed by atoms with Crippen molar-refractivity contribution in [1.82, 2.24) is 5.32 Å². The summed E-state index contributed by atoms with van der Waals surface area (Å²) in [5.41, 5.74) is 2.00. The van der Waals surface area contributed by atoms with Crippen LogP contribution in [0.25, 0.3) is 0 Å². The summed E-state index contributed by atoms with van der Waals surface area (Å²) in [6.45, 7) is 10.7. The third-order valence-electron chi connectivity index (χ3n) is 3.00. The lowest BCUT2D eigenvalue weighted by Gasteiger charge is -2.10. The largest absolute Gasteiger partial charge is 0.312 e. The van der Waals surface area contributed by atoms with E-state index in [2.05, 4.69) is 51.2 Å². The van der Waals surface area contributed by atoms with Gasteiger partial charge in [0.2, 0.25) is 0 Å². The van der Waals surface area contributed by atoms with Crippen LogP contribution in [0.15, 0.2) is 23.1 Å². The van der Waals surface area contributed by atoms with E-state index in [4.69, 9.17) is 0 Å². The van der Waals surface area contributed by atoms with E-state index in [0.717, 1.165) is 29.3 Å². The first-order valence-electron chi connectivity index (χ1n) is 7.39. The lowest BCUT2D eigenvalue weighted by Crippen LogP contribution is -2.18. The van der Waals surface area contributed by atoms with Gasteiger partial charge in [0.1, 0.15) is 6.07 Å². The standard InChI is InChI=1S/C17H26N2S/c1-13(2)7-8-20-17-6-5-15(9-16(17)10-18)12-19-11-14(3)4/h5-6,9,13-14,19H,7-8,11-12H2,1-4H3. The molecule has 0 aliphatic carbocycles. The van der Waals surface area contributed by atoms with E-state index in [-0.39, 0.29) is 0 Å². The van der Waals surface area contributed by atoms with Crippen LogP contribution in [-0.2, 0) is 6.54 Å². The zero-order chi connectivity index (χ0) is 15.0. The number of thioether (sulfide) groups is 1. The quantitative estimate of drug-likeness (QED) is 0.719. The fourth-order valence-electron chi connectivity index (χ4n) is 1.81. The van der Waals surface area contributed by atoms with E-state index >= 15 is 0 Å². The minimum absolute atomic E-state index is 0.649.